The van der Waals surface area contributed by atoms with E-state index in [1.807, 2.05) is 0 Å². The Kier molecular flexibility index (Phi) is 4.13. The molecule has 1 aromatic carbocycles. The lowest BCUT2D eigenvalue weighted by atomic mass is 9.80. The fraction of sp³-hybridized carbons (Fsp3) is 0.471. The van der Waals surface area contributed by atoms with Crippen LogP contribution in [-0.4, -0.2) is 41.9 Å². The van der Waals surface area contributed by atoms with E-state index in [0.717, 1.165) is 10.5 Å². The number of nitrogens with one attached hydrogen (secondary N) is 1. The van der Waals surface area contributed by atoms with Gasteiger partial charge in [0.2, 0.25) is 11.8 Å². The maximum atomic E-state index is 12.6. The predicted octanol–water partition coefficient (Wildman–Crippen LogP) is 1.54. The van der Waals surface area contributed by atoms with Crippen LogP contribution in [0.4, 0.5) is 0 Å². The number of halogens is 1. The fourth-order valence-corrected chi connectivity index (χ4v) is 3.83. The molecule has 2 amide bonds. The zero-order valence-corrected chi connectivity index (χ0v) is 14.5. The molecule has 4 atom stereocenters. The first-order valence-electron chi connectivity index (χ1n) is 7.83. The summed E-state index contributed by atoms with van der Waals surface area (Å²) in [5.41, 5.74) is -0.443. The van der Waals surface area contributed by atoms with Gasteiger partial charge in [-0.3, -0.25) is 24.6 Å². The van der Waals surface area contributed by atoms with Crippen molar-refractivity contribution in [2.75, 3.05) is 13.7 Å². The Hall–Kier alpha value is -1.92. The second-order valence-electron chi connectivity index (χ2n) is 6.34. The molecule has 24 heavy (non-hydrogen) atoms. The Morgan fingerprint density at radius 3 is 2.50 bits per heavy atom. The van der Waals surface area contributed by atoms with Crippen molar-refractivity contribution >= 4 is 29.4 Å². The fourth-order valence-electron chi connectivity index (χ4n) is 3.71. The first kappa shape index (κ1) is 16.9. The van der Waals surface area contributed by atoms with Gasteiger partial charge in [0.15, 0.2) is 0 Å². The lowest BCUT2D eigenvalue weighted by Gasteiger charge is -2.28. The molecule has 3 rings (SSSR count). The van der Waals surface area contributed by atoms with Crippen LogP contribution in [0.15, 0.2) is 24.3 Å². The van der Waals surface area contributed by atoms with Gasteiger partial charge in [0.1, 0.15) is 5.54 Å². The summed E-state index contributed by atoms with van der Waals surface area (Å²) >= 11 is 5.93. The molecule has 0 aliphatic carbocycles. The summed E-state index contributed by atoms with van der Waals surface area (Å²) in [5, 5.41) is 3.76. The number of rotatable bonds is 3. The quantitative estimate of drug-likeness (QED) is 0.661. The Bertz CT molecular complexity index is 705. The van der Waals surface area contributed by atoms with Gasteiger partial charge in [-0.2, -0.15) is 0 Å². The molecule has 1 aromatic rings. The lowest BCUT2D eigenvalue weighted by molar-refractivity contribution is -0.155. The van der Waals surface area contributed by atoms with Crippen LogP contribution < -0.4 is 5.32 Å². The van der Waals surface area contributed by atoms with Gasteiger partial charge < -0.3 is 4.74 Å². The highest BCUT2D eigenvalue weighted by atomic mass is 35.5. The third-order valence-corrected chi connectivity index (χ3v) is 5.19. The number of benzene rings is 1. The molecule has 128 valence electrons. The van der Waals surface area contributed by atoms with Gasteiger partial charge in [0.25, 0.3) is 0 Å². The lowest BCUT2D eigenvalue weighted by Crippen LogP contribution is -2.53. The van der Waals surface area contributed by atoms with Crippen LogP contribution in [0, 0.1) is 11.8 Å². The molecule has 0 saturated carbocycles. The van der Waals surface area contributed by atoms with Crippen molar-refractivity contribution in [3.05, 3.63) is 34.9 Å². The summed E-state index contributed by atoms with van der Waals surface area (Å²) in [6, 6.07) is 6.58. The van der Waals surface area contributed by atoms with Crippen LogP contribution in [0.1, 0.15) is 25.5 Å². The monoisotopic (exact) mass is 350 g/mol. The van der Waals surface area contributed by atoms with Gasteiger partial charge in [-0.15, -0.1) is 0 Å². The van der Waals surface area contributed by atoms with Crippen LogP contribution in [-0.2, 0) is 19.1 Å². The number of esters is 1. The second kappa shape index (κ2) is 5.86. The Morgan fingerprint density at radius 1 is 1.29 bits per heavy atom. The van der Waals surface area contributed by atoms with Gasteiger partial charge in [0, 0.05) is 18.1 Å². The molecule has 0 spiro atoms. The topological polar surface area (TPSA) is 75.7 Å². The number of likely N-dealkylation sites (tertiary alicyclic amines) is 1. The maximum absolute atomic E-state index is 12.6. The molecule has 0 radical (unpaired) electrons. The van der Waals surface area contributed by atoms with E-state index in [2.05, 4.69) is 5.32 Å². The highest BCUT2D eigenvalue weighted by Crippen LogP contribution is 2.48. The SMILES string of the molecule is CCOC(=O)[C@]1(C)N[C@@H](c2ccc(Cl)cc2)[C@H]2C(=O)N(C)C(=O)[C@H]21. The van der Waals surface area contributed by atoms with Crippen molar-refractivity contribution in [3.63, 3.8) is 0 Å². The molecule has 0 unspecified atom stereocenters. The number of fused-ring (bicyclic) bond motifs is 1. The third-order valence-electron chi connectivity index (χ3n) is 4.94. The number of hydrogen-bond donors (Lipinski definition) is 1. The average Bonchev–Trinajstić information content (AvgIpc) is 2.99. The van der Waals surface area contributed by atoms with Crippen molar-refractivity contribution in [2.45, 2.75) is 25.4 Å². The molecular formula is C17H19ClN2O4. The summed E-state index contributed by atoms with van der Waals surface area (Å²) in [7, 11) is 1.45. The molecule has 7 heteroatoms. The molecule has 0 bridgehead atoms. The standard InChI is InChI=1S/C17H19ClN2O4/c1-4-24-16(23)17(2)12-11(14(21)20(3)15(12)22)13(19-17)9-5-7-10(18)8-6-9/h5-8,11-13,19H,4H2,1-3H3/t11-,12-,13-,17+/m0/s1. The first-order valence-corrected chi connectivity index (χ1v) is 8.21. The number of amides is 2. The molecule has 1 N–H and O–H groups in total. The van der Waals surface area contributed by atoms with Crippen LogP contribution in [0.5, 0.6) is 0 Å². The Balaban J connectivity index is 2.06. The van der Waals surface area contributed by atoms with Crippen LogP contribution in [0.25, 0.3) is 0 Å². The minimum absolute atomic E-state index is 0.205. The zero-order valence-electron chi connectivity index (χ0n) is 13.7. The molecule has 2 aliphatic rings. The minimum Gasteiger partial charge on any atom is -0.465 e. The number of nitrogens with zero attached hydrogens (tertiary/aromatic N) is 1. The van der Waals surface area contributed by atoms with E-state index in [-0.39, 0.29) is 18.4 Å². The van der Waals surface area contributed by atoms with E-state index >= 15 is 0 Å². The van der Waals surface area contributed by atoms with Crippen molar-refractivity contribution < 1.29 is 19.1 Å². The number of carbonyl (C=O) groups is 3. The Morgan fingerprint density at radius 2 is 1.92 bits per heavy atom. The summed E-state index contributed by atoms with van der Waals surface area (Å²) in [5.74, 6) is -2.59. The van der Waals surface area contributed by atoms with E-state index in [4.69, 9.17) is 16.3 Å². The van der Waals surface area contributed by atoms with Gasteiger partial charge in [-0.25, -0.2) is 0 Å². The predicted molar refractivity (Wildman–Crippen MR) is 87.1 cm³/mol. The van der Waals surface area contributed by atoms with Crippen LogP contribution in [0.2, 0.25) is 5.02 Å². The number of hydrogen-bond acceptors (Lipinski definition) is 5. The molecule has 2 aliphatic heterocycles. The average molecular weight is 351 g/mol. The normalized spacial score (nSPS) is 32.2. The molecule has 2 saturated heterocycles. The highest BCUT2D eigenvalue weighted by molar-refractivity contribution is 6.30. The number of ether oxygens (including phenoxy) is 1. The van der Waals surface area contributed by atoms with E-state index in [9.17, 15) is 14.4 Å². The molecule has 2 fully saturated rings. The molecule has 2 heterocycles. The molecular weight excluding hydrogens is 332 g/mol. The smallest absolute Gasteiger partial charge is 0.326 e. The second-order valence-corrected chi connectivity index (χ2v) is 6.77. The third kappa shape index (κ3) is 2.32. The first-order chi connectivity index (χ1) is 11.3. The summed E-state index contributed by atoms with van der Waals surface area (Å²) in [6.07, 6.45) is 0. The van der Waals surface area contributed by atoms with Crippen molar-refractivity contribution in [2.24, 2.45) is 11.8 Å². The maximum Gasteiger partial charge on any atom is 0.326 e. The summed E-state index contributed by atoms with van der Waals surface area (Å²) in [6.45, 7) is 3.54. The van der Waals surface area contributed by atoms with Crippen molar-refractivity contribution in [1.29, 1.82) is 0 Å². The van der Waals surface area contributed by atoms with E-state index in [1.54, 1.807) is 38.1 Å². The van der Waals surface area contributed by atoms with Gasteiger partial charge >= 0.3 is 5.97 Å². The minimum atomic E-state index is -1.25. The van der Waals surface area contributed by atoms with E-state index < -0.39 is 29.4 Å². The Labute approximate surface area is 145 Å². The molecule has 6 nitrogen and oxygen atoms in total. The zero-order chi connectivity index (χ0) is 17.6. The van der Waals surface area contributed by atoms with E-state index in [0.29, 0.717) is 5.02 Å². The van der Waals surface area contributed by atoms with Gasteiger partial charge in [-0.05, 0) is 31.5 Å². The highest BCUT2D eigenvalue weighted by Gasteiger charge is 2.66. The van der Waals surface area contributed by atoms with Crippen LogP contribution in [0.3, 0.4) is 0 Å². The molecule has 0 aromatic heterocycles. The van der Waals surface area contributed by atoms with Gasteiger partial charge in [-0.1, -0.05) is 23.7 Å². The van der Waals surface area contributed by atoms with Crippen LogP contribution >= 0.6 is 11.6 Å². The summed E-state index contributed by atoms with van der Waals surface area (Å²) < 4.78 is 5.15. The van der Waals surface area contributed by atoms with Crippen molar-refractivity contribution in [1.82, 2.24) is 10.2 Å². The summed E-state index contributed by atoms with van der Waals surface area (Å²) in [4.78, 5) is 38.8. The van der Waals surface area contributed by atoms with Crippen molar-refractivity contribution in [3.8, 4) is 0 Å². The van der Waals surface area contributed by atoms with E-state index in [1.165, 1.54) is 7.05 Å². The number of carbonyl (C=O) groups excluding carboxylic acids is 3. The van der Waals surface area contributed by atoms with Gasteiger partial charge in [0.05, 0.1) is 18.4 Å². The largest absolute Gasteiger partial charge is 0.465 e. The number of imide groups is 1.